The van der Waals surface area contributed by atoms with Gasteiger partial charge in [0.15, 0.2) is 0 Å². The fourth-order valence-corrected chi connectivity index (χ4v) is 2.90. The number of esters is 1. The molecule has 0 spiro atoms. The number of hydrazone groups is 1. The summed E-state index contributed by atoms with van der Waals surface area (Å²) in [5.41, 5.74) is 5.22. The van der Waals surface area contributed by atoms with Crippen molar-refractivity contribution in [2.45, 2.75) is 6.92 Å². The number of halogens is 1. The van der Waals surface area contributed by atoms with Crippen LogP contribution in [0.3, 0.4) is 0 Å². The maximum absolute atomic E-state index is 12.2. The number of hydrogen-bond acceptors (Lipinski definition) is 4. The molecule has 0 aliphatic heterocycles. The lowest BCUT2D eigenvalue weighted by atomic mass is 10.1. The van der Waals surface area contributed by atoms with Gasteiger partial charge >= 0.3 is 5.97 Å². The van der Waals surface area contributed by atoms with Gasteiger partial charge in [0.05, 0.1) is 17.3 Å². The molecular weight excluding hydrogens is 420 g/mol. The van der Waals surface area contributed by atoms with Crippen molar-refractivity contribution in [3.8, 4) is 5.75 Å². The second-order valence-electron chi connectivity index (χ2n) is 6.01. The van der Waals surface area contributed by atoms with E-state index in [1.165, 1.54) is 6.21 Å². The van der Waals surface area contributed by atoms with Crippen molar-refractivity contribution in [3.05, 3.63) is 99.5 Å². The third-order valence-corrected chi connectivity index (χ3v) is 4.53. The second kappa shape index (κ2) is 9.10. The first-order valence-electron chi connectivity index (χ1n) is 8.50. The number of hydrogen-bond donors (Lipinski definition) is 1. The van der Waals surface area contributed by atoms with Crippen LogP contribution < -0.4 is 10.2 Å². The van der Waals surface area contributed by atoms with Gasteiger partial charge in [-0.25, -0.2) is 10.2 Å². The molecule has 0 saturated carbocycles. The van der Waals surface area contributed by atoms with Crippen LogP contribution in [0.1, 0.15) is 31.8 Å². The highest BCUT2D eigenvalue weighted by Crippen LogP contribution is 2.16. The predicted octanol–water partition coefficient (Wildman–Crippen LogP) is 4.74. The highest BCUT2D eigenvalue weighted by atomic mass is 79.9. The molecule has 0 fully saturated rings. The van der Waals surface area contributed by atoms with Crippen LogP contribution in [0, 0.1) is 6.92 Å². The van der Waals surface area contributed by atoms with Gasteiger partial charge in [-0.15, -0.1) is 0 Å². The molecule has 0 aliphatic carbocycles. The number of carbonyl (C=O) groups is 2. The minimum atomic E-state index is -0.411. The zero-order valence-corrected chi connectivity index (χ0v) is 16.6. The van der Waals surface area contributed by atoms with Gasteiger partial charge in [-0.1, -0.05) is 29.8 Å². The molecule has 0 aliphatic rings. The number of benzene rings is 3. The maximum atomic E-state index is 12.2. The quantitative estimate of drug-likeness (QED) is 0.271. The van der Waals surface area contributed by atoms with Gasteiger partial charge in [-0.2, -0.15) is 5.10 Å². The van der Waals surface area contributed by atoms with E-state index in [9.17, 15) is 9.59 Å². The van der Waals surface area contributed by atoms with E-state index in [1.807, 2.05) is 25.1 Å². The molecule has 0 radical (unpaired) electrons. The minimum Gasteiger partial charge on any atom is -0.423 e. The van der Waals surface area contributed by atoms with Crippen LogP contribution >= 0.6 is 15.9 Å². The third-order valence-electron chi connectivity index (χ3n) is 3.84. The summed E-state index contributed by atoms with van der Waals surface area (Å²) in [6.07, 6.45) is 1.51. The van der Waals surface area contributed by atoms with E-state index >= 15 is 0 Å². The van der Waals surface area contributed by atoms with Crippen LogP contribution in [-0.2, 0) is 0 Å². The number of aryl methyl sites for hydroxylation is 1. The Morgan fingerprint density at radius 3 is 2.46 bits per heavy atom. The molecule has 28 heavy (non-hydrogen) atoms. The Morgan fingerprint density at radius 1 is 1.00 bits per heavy atom. The fraction of sp³-hybridized carbons (Fsp3) is 0.0455. The first-order chi connectivity index (χ1) is 13.5. The summed E-state index contributed by atoms with van der Waals surface area (Å²) in [6.45, 7) is 1.92. The highest BCUT2D eigenvalue weighted by Gasteiger charge is 2.09. The average molecular weight is 437 g/mol. The summed E-state index contributed by atoms with van der Waals surface area (Å²) < 4.78 is 6.06. The molecule has 3 aromatic carbocycles. The molecule has 140 valence electrons. The smallest absolute Gasteiger partial charge is 0.343 e. The maximum Gasteiger partial charge on any atom is 0.343 e. The van der Waals surface area contributed by atoms with E-state index in [1.54, 1.807) is 54.6 Å². The van der Waals surface area contributed by atoms with Gasteiger partial charge in [-0.3, -0.25) is 4.79 Å². The van der Waals surface area contributed by atoms with Crippen molar-refractivity contribution >= 4 is 34.0 Å². The molecule has 0 heterocycles. The Kier molecular flexibility index (Phi) is 6.34. The van der Waals surface area contributed by atoms with E-state index in [0.717, 1.165) is 11.1 Å². The Labute approximate surface area is 171 Å². The molecule has 0 aromatic heterocycles. The molecule has 5 nitrogen and oxygen atoms in total. The van der Waals surface area contributed by atoms with Crippen LogP contribution in [-0.4, -0.2) is 18.1 Å². The summed E-state index contributed by atoms with van der Waals surface area (Å²) in [5.74, 6) is -0.292. The summed E-state index contributed by atoms with van der Waals surface area (Å²) in [7, 11) is 0. The molecule has 1 amide bonds. The van der Waals surface area contributed by atoms with E-state index in [0.29, 0.717) is 21.3 Å². The number of nitrogens with one attached hydrogen (secondary N) is 1. The van der Waals surface area contributed by atoms with Gasteiger partial charge in [0.2, 0.25) is 0 Å². The number of rotatable bonds is 5. The van der Waals surface area contributed by atoms with Gasteiger partial charge < -0.3 is 4.74 Å². The lowest BCUT2D eigenvalue weighted by Crippen LogP contribution is -2.18. The standard InChI is InChI=1S/C22H17BrN2O3/c1-15-5-4-6-17(13-15)22(27)28-18-11-9-16(10-12-18)14-24-25-21(26)19-7-2-3-8-20(19)23/h2-14H,1H3,(H,25,26)/b24-14-. The fourth-order valence-electron chi connectivity index (χ4n) is 2.43. The zero-order valence-electron chi connectivity index (χ0n) is 15.1. The minimum absolute atomic E-state index is 0.313. The average Bonchev–Trinajstić information content (AvgIpc) is 2.69. The molecule has 3 aromatic rings. The van der Waals surface area contributed by atoms with E-state index in [4.69, 9.17) is 4.74 Å². The van der Waals surface area contributed by atoms with Crippen molar-refractivity contribution in [2.24, 2.45) is 5.10 Å². The summed E-state index contributed by atoms with van der Waals surface area (Å²) >= 11 is 3.33. The number of nitrogens with zero attached hydrogens (tertiary/aromatic N) is 1. The largest absolute Gasteiger partial charge is 0.423 e. The molecule has 0 saturated heterocycles. The Balaban J connectivity index is 1.58. The molecule has 1 N–H and O–H groups in total. The molecule has 0 atom stereocenters. The van der Waals surface area contributed by atoms with E-state index < -0.39 is 5.97 Å². The van der Waals surface area contributed by atoms with Crippen LogP contribution in [0.2, 0.25) is 0 Å². The van der Waals surface area contributed by atoms with Crippen LogP contribution in [0.15, 0.2) is 82.4 Å². The lowest BCUT2D eigenvalue weighted by Gasteiger charge is -2.05. The molecular formula is C22H17BrN2O3. The van der Waals surface area contributed by atoms with Crippen molar-refractivity contribution < 1.29 is 14.3 Å². The highest BCUT2D eigenvalue weighted by molar-refractivity contribution is 9.10. The second-order valence-corrected chi connectivity index (χ2v) is 6.86. The van der Waals surface area contributed by atoms with Gasteiger partial charge in [0.25, 0.3) is 5.91 Å². The normalized spacial score (nSPS) is 10.6. The van der Waals surface area contributed by atoms with E-state index in [-0.39, 0.29) is 5.91 Å². The summed E-state index contributed by atoms with van der Waals surface area (Å²) in [5, 5.41) is 3.95. The SMILES string of the molecule is Cc1cccc(C(=O)Oc2ccc(/C=N\NC(=O)c3ccccc3Br)cc2)c1. The predicted molar refractivity (Wildman–Crippen MR) is 112 cm³/mol. The topological polar surface area (TPSA) is 67.8 Å². The molecule has 3 rings (SSSR count). The Bertz CT molecular complexity index is 1030. The molecule has 0 unspecified atom stereocenters. The third kappa shape index (κ3) is 5.14. The van der Waals surface area contributed by atoms with Crippen molar-refractivity contribution in [1.82, 2.24) is 5.43 Å². The number of amides is 1. The van der Waals surface area contributed by atoms with Crippen LogP contribution in [0.25, 0.3) is 0 Å². The summed E-state index contributed by atoms with van der Waals surface area (Å²) in [4.78, 5) is 24.2. The van der Waals surface area contributed by atoms with Gasteiger partial charge in [0, 0.05) is 4.47 Å². The lowest BCUT2D eigenvalue weighted by molar-refractivity contribution is 0.0734. The first-order valence-corrected chi connectivity index (χ1v) is 9.29. The Hall–Kier alpha value is -3.25. The van der Waals surface area contributed by atoms with Crippen LogP contribution in [0.4, 0.5) is 0 Å². The summed E-state index contributed by atoms with van der Waals surface area (Å²) in [6, 6.07) is 21.1. The van der Waals surface area contributed by atoms with E-state index in [2.05, 4.69) is 26.5 Å². The van der Waals surface area contributed by atoms with Gasteiger partial charge in [-0.05, 0) is 76.9 Å². The molecule has 0 bridgehead atoms. The monoisotopic (exact) mass is 436 g/mol. The van der Waals surface area contributed by atoms with Crippen LogP contribution in [0.5, 0.6) is 5.75 Å². The number of carbonyl (C=O) groups excluding carboxylic acids is 2. The van der Waals surface area contributed by atoms with Crippen molar-refractivity contribution in [2.75, 3.05) is 0 Å². The number of ether oxygens (including phenoxy) is 1. The molecule has 6 heteroatoms. The first kappa shape index (κ1) is 19.5. The van der Waals surface area contributed by atoms with Gasteiger partial charge in [0.1, 0.15) is 5.75 Å². The Morgan fingerprint density at radius 2 is 1.75 bits per heavy atom. The van der Waals surface area contributed by atoms with Crippen molar-refractivity contribution in [3.63, 3.8) is 0 Å². The zero-order chi connectivity index (χ0) is 19.9. The van der Waals surface area contributed by atoms with Crippen molar-refractivity contribution in [1.29, 1.82) is 0 Å².